The Balaban J connectivity index is 2.05. The summed E-state index contributed by atoms with van der Waals surface area (Å²) in [5.41, 5.74) is 0. The van der Waals surface area contributed by atoms with Gasteiger partial charge in [0.05, 0.1) is 0 Å². The van der Waals surface area contributed by atoms with Gasteiger partial charge in [0.15, 0.2) is 0 Å². The average Bonchev–Trinajstić information content (AvgIpc) is 2.36. The van der Waals surface area contributed by atoms with E-state index in [0.29, 0.717) is 0 Å². The van der Waals surface area contributed by atoms with Crippen molar-refractivity contribution in [3.05, 3.63) is 0 Å². The lowest BCUT2D eigenvalue weighted by Crippen LogP contribution is -2.31. The molecule has 1 unspecified atom stereocenters. The Kier molecular flexibility index (Phi) is 2.40. The Bertz CT molecular complexity index is 145. The summed E-state index contributed by atoms with van der Waals surface area (Å²) in [4.78, 5) is 2.65. The molecule has 0 aromatic rings. The molecular formula is C11H21N. The fraction of sp³-hybridized carbons (Fsp3) is 1.00. The molecule has 3 rings (SSSR count). The van der Waals surface area contributed by atoms with Gasteiger partial charge in [0.25, 0.3) is 0 Å². The molecule has 12 heavy (non-hydrogen) atoms. The molecule has 1 heteroatoms. The molecule has 0 aliphatic carbocycles. The topological polar surface area (TPSA) is 3.24 Å². The SMILES string of the molecule is CC(C)C1CCN2CCC1CC2. The van der Waals surface area contributed by atoms with Gasteiger partial charge in [0.2, 0.25) is 0 Å². The van der Waals surface area contributed by atoms with Gasteiger partial charge >= 0.3 is 0 Å². The van der Waals surface area contributed by atoms with Crippen LogP contribution in [0.3, 0.4) is 0 Å². The maximum Gasteiger partial charge on any atom is -0.00159 e. The van der Waals surface area contributed by atoms with Crippen LogP contribution < -0.4 is 0 Å². The van der Waals surface area contributed by atoms with E-state index < -0.39 is 0 Å². The standard InChI is InChI=1S/C11H21N/c1-9(2)11-5-8-12-6-3-10(11)4-7-12/h9-11H,3-8H2,1-2H3. The van der Waals surface area contributed by atoms with Crippen LogP contribution in [0.4, 0.5) is 0 Å². The lowest BCUT2D eigenvalue weighted by molar-refractivity contribution is 0.190. The lowest BCUT2D eigenvalue weighted by Gasteiger charge is -2.30. The van der Waals surface area contributed by atoms with Crippen LogP contribution in [0.1, 0.15) is 33.1 Å². The fourth-order valence-electron chi connectivity index (χ4n) is 3.05. The van der Waals surface area contributed by atoms with Crippen LogP contribution in [0.5, 0.6) is 0 Å². The number of piperidine rings is 1. The van der Waals surface area contributed by atoms with Crippen LogP contribution in [0.15, 0.2) is 0 Å². The molecule has 3 heterocycles. The number of fused-ring (bicyclic) bond motifs is 4. The Hall–Kier alpha value is -0.0400. The molecule has 2 bridgehead atoms. The van der Waals surface area contributed by atoms with Gasteiger partial charge in [-0.1, -0.05) is 13.8 Å². The maximum absolute atomic E-state index is 2.65. The van der Waals surface area contributed by atoms with Crippen LogP contribution in [0.2, 0.25) is 0 Å². The summed E-state index contributed by atoms with van der Waals surface area (Å²) in [7, 11) is 0. The molecule has 0 radical (unpaired) electrons. The van der Waals surface area contributed by atoms with Crippen molar-refractivity contribution in [1.82, 2.24) is 4.90 Å². The van der Waals surface area contributed by atoms with Crippen LogP contribution >= 0.6 is 0 Å². The third-order valence-corrected chi connectivity index (χ3v) is 3.87. The van der Waals surface area contributed by atoms with Gasteiger partial charge in [-0.2, -0.15) is 0 Å². The van der Waals surface area contributed by atoms with Gasteiger partial charge in [-0.3, -0.25) is 0 Å². The highest BCUT2D eigenvalue weighted by molar-refractivity contribution is 4.84. The predicted molar refractivity (Wildman–Crippen MR) is 52.1 cm³/mol. The van der Waals surface area contributed by atoms with Crippen LogP contribution in [-0.2, 0) is 0 Å². The van der Waals surface area contributed by atoms with Crippen molar-refractivity contribution >= 4 is 0 Å². The summed E-state index contributed by atoms with van der Waals surface area (Å²) < 4.78 is 0. The lowest BCUT2D eigenvalue weighted by atomic mass is 9.78. The first kappa shape index (κ1) is 8.55. The first-order chi connectivity index (χ1) is 5.77. The maximum atomic E-state index is 2.65. The molecule has 3 aliphatic rings. The van der Waals surface area contributed by atoms with Crippen LogP contribution in [-0.4, -0.2) is 24.5 Å². The van der Waals surface area contributed by atoms with Crippen molar-refractivity contribution in [1.29, 1.82) is 0 Å². The summed E-state index contributed by atoms with van der Waals surface area (Å²) >= 11 is 0. The Labute approximate surface area is 76.1 Å². The molecule has 0 saturated carbocycles. The Morgan fingerprint density at radius 3 is 2.17 bits per heavy atom. The molecule has 0 spiro atoms. The largest absolute Gasteiger partial charge is 0.303 e. The van der Waals surface area contributed by atoms with E-state index in [2.05, 4.69) is 18.7 Å². The molecule has 0 aromatic heterocycles. The molecule has 1 nitrogen and oxygen atoms in total. The van der Waals surface area contributed by atoms with Crippen molar-refractivity contribution in [2.24, 2.45) is 17.8 Å². The predicted octanol–water partition coefficient (Wildman–Crippen LogP) is 2.37. The van der Waals surface area contributed by atoms with Gasteiger partial charge in [-0.25, -0.2) is 0 Å². The van der Waals surface area contributed by atoms with E-state index >= 15 is 0 Å². The second-order valence-corrected chi connectivity index (χ2v) is 4.88. The zero-order chi connectivity index (χ0) is 8.55. The normalized spacial score (nSPS) is 41.8. The number of hydrogen-bond acceptors (Lipinski definition) is 1. The van der Waals surface area contributed by atoms with E-state index in [-0.39, 0.29) is 0 Å². The van der Waals surface area contributed by atoms with Gasteiger partial charge in [0.1, 0.15) is 0 Å². The summed E-state index contributed by atoms with van der Waals surface area (Å²) in [5, 5.41) is 0. The molecular weight excluding hydrogens is 146 g/mol. The zero-order valence-corrected chi connectivity index (χ0v) is 8.42. The highest BCUT2D eigenvalue weighted by Crippen LogP contribution is 2.35. The van der Waals surface area contributed by atoms with Gasteiger partial charge in [-0.15, -0.1) is 0 Å². The van der Waals surface area contributed by atoms with Crippen LogP contribution in [0, 0.1) is 17.8 Å². The fourth-order valence-corrected chi connectivity index (χ4v) is 3.05. The first-order valence-electron chi connectivity index (χ1n) is 5.49. The van der Waals surface area contributed by atoms with Crippen molar-refractivity contribution in [2.75, 3.05) is 19.6 Å². The Morgan fingerprint density at radius 1 is 1.00 bits per heavy atom. The van der Waals surface area contributed by atoms with E-state index in [0.717, 1.165) is 17.8 Å². The average molecular weight is 167 g/mol. The number of nitrogens with zero attached hydrogens (tertiary/aromatic N) is 1. The first-order valence-corrected chi connectivity index (χ1v) is 5.49. The molecule has 70 valence electrons. The zero-order valence-electron chi connectivity index (χ0n) is 8.42. The highest BCUT2D eigenvalue weighted by Gasteiger charge is 2.32. The summed E-state index contributed by atoms with van der Waals surface area (Å²) in [6, 6.07) is 0. The second kappa shape index (κ2) is 3.37. The molecule has 1 atom stereocenters. The van der Waals surface area contributed by atoms with E-state index in [9.17, 15) is 0 Å². The third kappa shape index (κ3) is 1.52. The number of hydrogen-bond donors (Lipinski definition) is 0. The number of rotatable bonds is 1. The minimum atomic E-state index is 0.910. The van der Waals surface area contributed by atoms with E-state index in [1.54, 1.807) is 0 Å². The highest BCUT2D eigenvalue weighted by atomic mass is 15.1. The summed E-state index contributed by atoms with van der Waals surface area (Å²) in [6.45, 7) is 8.94. The quantitative estimate of drug-likeness (QED) is 0.579. The van der Waals surface area contributed by atoms with Gasteiger partial charge in [0, 0.05) is 0 Å². The minimum Gasteiger partial charge on any atom is -0.303 e. The van der Waals surface area contributed by atoms with Crippen molar-refractivity contribution in [3.63, 3.8) is 0 Å². The summed E-state index contributed by atoms with van der Waals surface area (Å²) in [5.74, 6) is 2.99. The third-order valence-electron chi connectivity index (χ3n) is 3.87. The monoisotopic (exact) mass is 167 g/mol. The molecule has 3 aliphatic heterocycles. The van der Waals surface area contributed by atoms with E-state index in [4.69, 9.17) is 0 Å². The summed E-state index contributed by atoms with van der Waals surface area (Å²) in [6.07, 6.45) is 4.41. The molecule has 3 fully saturated rings. The van der Waals surface area contributed by atoms with Crippen molar-refractivity contribution < 1.29 is 0 Å². The van der Waals surface area contributed by atoms with Crippen molar-refractivity contribution in [3.8, 4) is 0 Å². The second-order valence-electron chi connectivity index (χ2n) is 4.88. The smallest absolute Gasteiger partial charge is 0.00159 e. The molecule has 0 aromatic carbocycles. The van der Waals surface area contributed by atoms with Gasteiger partial charge < -0.3 is 4.90 Å². The van der Waals surface area contributed by atoms with Crippen LogP contribution in [0.25, 0.3) is 0 Å². The van der Waals surface area contributed by atoms with E-state index in [1.165, 1.54) is 38.9 Å². The molecule has 0 amide bonds. The van der Waals surface area contributed by atoms with E-state index in [1.807, 2.05) is 0 Å². The Morgan fingerprint density at radius 2 is 1.58 bits per heavy atom. The van der Waals surface area contributed by atoms with Gasteiger partial charge in [-0.05, 0) is 56.7 Å². The molecule has 0 N–H and O–H groups in total. The van der Waals surface area contributed by atoms with Crippen molar-refractivity contribution in [2.45, 2.75) is 33.1 Å². The minimum absolute atomic E-state index is 0.910. The molecule has 3 saturated heterocycles.